The molecule has 0 radical (unpaired) electrons. The van der Waals surface area contributed by atoms with Gasteiger partial charge in [-0.3, -0.25) is 9.59 Å². The number of hydrogen-bond acceptors (Lipinski definition) is 6. The van der Waals surface area contributed by atoms with Crippen LogP contribution in [0.15, 0.2) is 59.2 Å². The van der Waals surface area contributed by atoms with Gasteiger partial charge in [-0.25, -0.2) is 0 Å². The van der Waals surface area contributed by atoms with Crippen molar-refractivity contribution in [3.05, 3.63) is 76.7 Å². The van der Waals surface area contributed by atoms with Crippen LogP contribution in [0.2, 0.25) is 5.02 Å². The fourth-order valence-electron chi connectivity index (χ4n) is 4.71. The molecule has 0 bridgehead atoms. The van der Waals surface area contributed by atoms with Crippen molar-refractivity contribution in [2.75, 3.05) is 21.3 Å². The predicted octanol–water partition coefficient (Wildman–Crippen LogP) is 5.40. The Kier molecular flexibility index (Phi) is 8.61. The lowest BCUT2D eigenvalue weighted by Crippen LogP contribution is -2.45. The predicted molar refractivity (Wildman–Crippen MR) is 139 cm³/mol. The number of furan rings is 1. The van der Waals surface area contributed by atoms with Crippen molar-refractivity contribution in [1.29, 1.82) is 0 Å². The summed E-state index contributed by atoms with van der Waals surface area (Å²) >= 11 is 6.48. The monoisotopic (exact) mass is 526 g/mol. The van der Waals surface area contributed by atoms with Gasteiger partial charge in [0.05, 0.1) is 27.6 Å². The largest absolute Gasteiger partial charge is 0.493 e. The summed E-state index contributed by atoms with van der Waals surface area (Å²) in [5.74, 6) is 0.479. The third-order valence-corrected chi connectivity index (χ3v) is 6.92. The summed E-state index contributed by atoms with van der Waals surface area (Å²) in [5, 5.41) is 3.64. The number of rotatable bonds is 10. The highest BCUT2D eigenvalue weighted by atomic mass is 35.5. The second kappa shape index (κ2) is 12.1. The third kappa shape index (κ3) is 5.85. The zero-order valence-electron chi connectivity index (χ0n) is 21.2. The van der Waals surface area contributed by atoms with Gasteiger partial charge in [0, 0.05) is 17.6 Å². The molecule has 1 heterocycles. The SMILES string of the molecule is COc1cc([C@H](C(=O)NC2CCCC2)N(Cc2ccccc2Cl)C(=O)c2ccco2)cc(OC)c1OC. The van der Waals surface area contributed by atoms with Gasteiger partial charge >= 0.3 is 0 Å². The molecule has 4 rings (SSSR count). The Hall–Kier alpha value is -3.65. The highest BCUT2D eigenvalue weighted by Gasteiger charge is 2.36. The molecule has 1 atom stereocenters. The first-order chi connectivity index (χ1) is 18.0. The van der Waals surface area contributed by atoms with Gasteiger partial charge in [0.2, 0.25) is 11.7 Å². The zero-order chi connectivity index (χ0) is 26.4. The lowest BCUT2D eigenvalue weighted by atomic mass is 10.0. The summed E-state index contributed by atoms with van der Waals surface area (Å²) < 4.78 is 22.0. The molecule has 2 aromatic carbocycles. The maximum absolute atomic E-state index is 14.0. The number of methoxy groups -OCH3 is 3. The van der Waals surface area contributed by atoms with Crippen LogP contribution in [0.3, 0.4) is 0 Å². The van der Waals surface area contributed by atoms with E-state index in [1.54, 1.807) is 30.3 Å². The number of nitrogens with zero attached hydrogens (tertiary/aromatic N) is 1. The molecular weight excluding hydrogens is 496 g/mol. The van der Waals surface area contributed by atoms with Gasteiger partial charge < -0.3 is 28.8 Å². The number of halogens is 1. The van der Waals surface area contributed by atoms with Gasteiger partial charge in [-0.15, -0.1) is 0 Å². The maximum Gasteiger partial charge on any atom is 0.290 e. The molecule has 1 saturated carbocycles. The van der Waals surface area contributed by atoms with E-state index in [9.17, 15) is 9.59 Å². The van der Waals surface area contributed by atoms with Gasteiger partial charge in [-0.05, 0) is 54.3 Å². The van der Waals surface area contributed by atoms with Crippen molar-refractivity contribution < 1.29 is 28.2 Å². The van der Waals surface area contributed by atoms with E-state index in [4.69, 9.17) is 30.2 Å². The van der Waals surface area contributed by atoms with Crippen LogP contribution in [0.1, 0.15) is 53.4 Å². The number of nitrogens with one attached hydrogen (secondary N) is 1. The molecule has 196 valence electrons. The Labute approximate surface area is 221 Å². The van der Waals surface area contributed by atoms with Gasteiger partial charge in [0.15, 0.2) is 17.3 Å². The molecule has 1 N–H and O–H groups in total. The summed E-state index contributed by atoms with van der Waals surface area (Å²) in [5.41, 5.74) is 1.19. The lowest BCUT2D eigenvalue weighted by molar-refractivity contribution is -0.126. The molecule has 1 aliphatic rings. The van der Waals surface area contributed by atoms with Crippen LogP contribution in [0.4, 0.5) is 0 Å². The Balaban J connectivity index is 1.86. The average Bonchev–Trinajstić information content (AvgIpc) is 3.63. The smallest absolute Gasteiger partial charge is 0.290 e. The Morgan fingerprint density at radius 2 is 1.70 bits per heavy atom. The molecule has 1 aromatic heterocycles. The molecule has 8 nitrogen and oxygen atoms in total. The summed E-state index contributed by atoms with van der Waals surface area (Å²) in [6.07, 6.45) is 5.31. The molecule has 0 saturated heterocycles. The van der Waals surface area contributed by atoms with E-state index >= 15 is 0 Å². The van der Waals surface area contributed by atoms with Crippen molar-refractivity contribution in [1.82, 2.24) is 10.2 Å². The van der Waals surface area contributed by atoms with Crippen molar-refractivity contribution in [2.45, 2.75) is 44.3 Å². The van der Waals surface area contributed by atoms with Gasteiger partial charge in [0.25, 0.3) is 5.91 Å². The van der Waals surface area contributed by atoms with E-state index in [0.717, 1.165) is 25.7 Å². The fraction of sp³-hybridized carbons (Fsp3) is 0.357. The van der Waals surface area contributed by atoms with E-state index in [-0.39, 0.29) is 24.3 Å². The van der Waals surface area contributed by atoms with Crippen LogP contribution in [-0.4, -0.2) is 44.1 Å². The molecule has 0 spiro atoms. The normalized spacial score (nSPS) is 14.2. The van der Waals surface area contributed by atoms with Crippen molar-refractivity contribution in [3.8, 4) is 17.2 Å². The van der Waals surface area contributed by atoms with Crippen LogP contribution in [0, 0.1) is 0 Å². The highest BCUT2D eigenvalue weighted by Crippen LogP contribution is 2.41. The second-order valence-corrected chi connectivity index (χ2v) is 9.26. The molecule has 1 fully saturated rings. The van der Waals surface area contributed by atoms with Gasteiger partial charge in [-0.1, -0.05) is 42.6 Å². The lowest BCUT2D eigenvalue weighted by Gasteiger charge is -2.32. The molecule has 1 aliphatic carbocycles. The minimum atomic E-state index is -1.04. The number of hydrogen-bond donors (Lipinski definition) is 1. The van der Waals surface area contributed by atoms with Crippen LogP contribution in [0.5, 0.6) is 17.2 Å². The quantitative estimate of drug-likeness (QED) is 0.380. The summed E-state index contributed by atoms with van der Waals surface area (Å²) in [4.78, 5) is 29.3. The Morgan fingerprint density at radius 3 is 2.27 bits per heavy atom. The zero-order valence-corrected chi connectivity index (χ0v) is 21.9. The average molecular weight is 527 g/mol. The fourth-order valence-corrected chi connectivity index (χ4v) is 4.91. The Bertz CT molecular complexity index is 1200. The highest BCUT2D eigenvalue weighted by molar-refractivity contribution is 6.31. The molecule has 9 heteroatoms. The maximum atomic E-state index is 14.0. The van der Waals surface area contributed by atoms with Crippen LogP contribution in [-0.2, 0) is 11.3 Å². The summed E-state index contributed by atoms with van der Waals surface area (Å²) in [7, 11) is 4.52. The van der Waals surface area contributed by atoms with Gasteiger partial charge in [0.1, 0.15) is 6.04 Å². The van der Waals surface area contributed by atoms with Crippen molar-refractivity contribution in [2.24, 2.45) is 0 Å². The first kappa shape index (κ1) is 26.4. The van der Waals surface area contributed by atoms with E-state index in [1.807, 2.05) is 18.2 Å². The third-order valence-electron chi connectivity index (χ3n) is 6.56. The second-order valence-electron chi connectivity index (χ2n) is 8.85. The van der Waals surface area contributed by atoms with E-state index in [1.165, 1.54) is 32.5 Å². The van der Waals surface area contributed by atoms with Crippen LogP contribution >= 0.6 is 11.6 Å². The number of carbonyl (C=O) groups is 2. The molecule has 3 aromatic rings. The number of benzene rings is 2. The Morgan fingerprint density at radius 1 is 1.03 bits per heavy atom. The molecule has 2 amide bonds. The topological polar surface area (TPSA) is 90.2 Å². The standard InChI is InChI=1S/C28H31ClN2O6/c1-34-23-15-19(16-24(35-2)26(23)36-3)25(27(32)30-20-10-5-6-11-20)31(28(33)22-13-8-14-37-22)17-18-9-4-7-12-21(18)29/h4,7-9,12-16,20,25H,5-6,10-11,17H2,1-3H3,(H,30,32)/t25-/m1/s1. The molecular formula is C28H31ClN2O6. The molecule has 0 unspecified atom stereocenters. The number of ether oxygens (including phenoxy) is 3. The first-order valence-corrected chi connectivity index (χ1v) is 12.5. The summed E-state index contributed by atoms with van der Waals surface area (Å²) in [6.45, 7) is 0.0681. The molecule has 37 heavy (non-hydrogen) atoms. The first-order valence-electron chi connectivity index (χ1n) is 12.1. The van der Waals surface area contributed by atoms with E-state index < -0.39 is 11.9 Å². The van der Waals surface area contributed by atoms with Crippen LogP contribution < -0.4 is 19.5 Å². The summed E-state index contributed by atoms with van der Waals surface area (Å²) in [6, 6.07) is 12.8. The van der Waals surface area contributed by atoms with Crippen molar-refractivity contribution >= 4 is 23.4 Å². The minimum Gasteiger partial charge on any atom is -0.493 e. The molecule has 0 aliphatic heterocycles. The number of carbonyl (C=O) groups excluding carboxylic acids is 2. The number of amides is 2. The van der Waals surface area contributed by atoms with E-state index in [2.05, 4.69) is 5.32 Å². The van der Waals surface area contributed by atoms with Crippen LogP contribution in [0.25, 0.3) is 0 Å². The minimum absolute atomic E-state index is 0.0397. The van der Waals surface area contributed by atoms with E-state index in [0.29, 0.717) is 33.4 Å². The van der Waals surface area contributed by atoms with Gasteiger partial charge in [-0.2, -0.15) is 0 Å². The van der Waals surface area contributed by atoms with Crippen molar-refractivity contribution in [3.63, 3.8) is 0 Å².